The molecule has 1 aromatic heterocycles. The molecule has 1 fully saturated rings. The molecule has 1 aliphatic rings. The van der Waals surface area contributed by atoms with Crippen LogP contribution < -0.4 is 0 Å². The molecular formula is C14H11F6NO2. The van der Waals surface area contributed by atoms with Crippen molar-refractivity contribution in [3.8, 4) is 0 Å². The fraction of sp³-hybridized carbons (Fsp3) is 0.429. The van der Waals surface area contributed by atoms with Crippen molar-refractivity contribution in [2.75, 3.05) is 0 Å². The van der Waals surface area contributed by atoms with E-state index in [2.05, 4.69) is 9.72 Å². The lowest BCUT2D eigenvalue weighted by molar-refractivity contribution is -0.147. The molecule has 2 rings (SSSR count). The molecule has 0 radical (unpaired) electrons. The number of carbonyl (C=O) groups excluding carboxylic acids is 1. The van der Waals surface area contributed by atoms with Crippen LogP contribution in [0.3, 0.4) is 0 Å². The number of rotatable bonds is 4. The van der Waals surface area contributed by atoms with Crippen LogP contribution in [0.25, 0.3) is 0 Å². The zero-order valence-corrected chi connectivity index (χ0v) is 12.0. The molecule has 1 aliphatic carbocycles. The Morgan fingerprint density at radius 3 is 2.17 bits per heavy atom. The predicted molar refractivity (Wildman–Crippen MR) is 64.9 cm³/mol. The molecule has 0 aliphatic heterocycles. The van der Waals surface area contributed by atoms with E-state index in [1.165, 1.54) is 13.8 Å². The van der Waals surface area contributed by atoms with Gasteiger partial charge in [-0.3, -0.25) is 4.79 Å². The zero-order chi connectivity index (χ0) is 17.5. The highest BCUT2D eigenvalue weighted by Gasteiger charge is 2.62. The van der Waals surface area contributed by atoms with Gasteiger partial charge in [-0.15, -0.1) is 0 Å². The summed E-state index contributed by atoms with van der Waals surface area (Å²) in [5, 5.41) is 0. The van der Waals surface area contributed by atoms with Gasteiger partial charge in [0.15, 0.2) is 11.6 Å². The summed E-state index contributed by atoms with van der Waals surface area (Å²) < 4.78 is 81.7. The van der Waals surface area contributed by atoms with E-state index in [4.69, 9.17) is 0 Å². The van der Waals surface area contributed by atoms with Crippen LogP contribution in [0.5, 0.6) is 0 Å². The lowest BCUT2D eigenvalue weighted by Gasteiger charge is -2.08. The highest BCUT2D eigenvalue weighted by atomic mass is 19.3. The molecule has 1 aromatic rings. The molecular weight excluding hydrogens is 328 g/mol. The highest BCUT2D eigenvalue weighted by Crippen LogP contribution is 2.60. The van der Waals surface area contributed by atoms with Gasteiger partial charge in [-0.1, -0.05) is 13.8 Å². The number of allylic oxidation sites excluding steroid dienone is 1. The number of hydrogen-bond donors (Lipinski definition) is 0. The third-order valence-corrected chi connectivity index (χ3v) is 3.92. The van der Waals surface area contributed by atoms with E-state index in [1.807, 2.05) is 0 Å². The second-order valence-electron chi connectivity index (χ2n) is 5.69. The van der Waals surface area contributed by atoms with Crippen LogP contribution in [0.2, 0.25) is 0 Å². The molecule has 9 heteroatoms. The number of hydrogen-bond acceptors (Lipinski definition) is 3. The maximum absolute atomic E-state index is 13.4. The summed E-state index contributed by atoms with van der Waals surface area (Å²) in [6, 6.07) is 0. The molecule has 0 bridgehead atoms. The molecule has 23 heavy (non-hydrogen) atoms. The van der Waals surface area contributed by atoms with Crippen LogP contribution in [0.4, 0.5) is 26.3 Å². The minimum absolute atomic E-state index is 0.596. The lowest BCUT2D eigenvalue weighted by atomic mass is 10.1. The number of pyridine rings is 1. The average molecular weight is 339 g/mol. The van der Waals surface area contributed by atoms with E-state index in [0.717, 1.165) is 0 Å². The van der Waals surface area contributed by atoms with Gasteiger partial charge in [0.1, 0.15) is 6.61 Å². The fourth-order valence-electron chi connectivity index (χ4n) is 2.46. The van der Waals surface area contributed by atoms with Crippen LogP contribution in [0, 0.1) is 40.8 Å². The van der Waals surface area contributed by atoms with E-state index in [-0.39, 0.29) is 0 Å². The van der Waals surface area contributed by atoms with E-state index in [1.54, 1.807) is 0 Å². The van der Waals surface area contributed by atoms with Crippen molar-refractivity contribution in [2.45, 2.75) is 20.5 Å². The Bertz CT molecular complexity index is 658. The number of halogens is 6. The van der Waals surface area contributed by atoms with Gasteiger partial charge in [-0.05, 0) is 11.5 Å². The van der Waals surface area contributed by atoms with Gasteiger partial charge < -0.3 is 4.74 Å². The molecule has 0 N–H and O–H groups in total. The molecule has 1 saturated carbocycles. The van der Waals surface area contributed by atoms with Crippen LogP contribution in [-0.4, -0.2) is 11.0 Å². The summed E-state index contributed by atoms with van der Waals surface area (Å²) >= 11 is 0. The first-order valence-corrected chi connectivity index (χ1v) is 6.45. The first-order chi connectivity index (χ1) is 10.6. The smallest absolute Gasteiger partial charge is 0.310 e. The Balaban J connectivity index is 2.11. The summed E-state index contributed by atoms with van der Waals surface area (Å²) in [5.74, 6) is -10.0. The van der Waals surface area contributed by atoms with Gasteiger partial charge in [0.25, 0.3) is 18.0 Å². The Morgan fingerprint density at radius 2 is 1.70 bits per heavy atom. The SMILES string of the molecule is CC1(C)C(C=C(F)F)C1C(=O)OCc1c(F)c(F)nc(F)c1F. The Labute approximate surface area is 127 Å². The van der Waals surface area contributed by atoms with Crippen LogP contribution in [0.15, 0.2) is 12.2 Å². The van der Waals surface area contributed by atoms with Gasteiger partial charge in [0, 0.05) is 5.92 Å². The van der Waals surface area contributed by atoms with Gasteiger partial charge in [-0.2, -0.15) is 22.5 Å². The maximum Gasteiger partial charge on any atom is 0.310 e. The number of ether oxygens (including phenoxy) is 1. The number of aromatic nitrogens is 1. The molecule has 126 valence electrons. The Kier molecular flexibility index (Phi) is 4.41. The topological polar surface area (TPSA) is 39.2 Å². The van der Waals surface area contributed by atoms with E-state index in [0.29, 0.717) is 6.08 Å². The van der Waals surface area contributed by atoms with Crippen LogP contribution >= 0.6 is 0 Å². The summed E-state index contributed by atoms with van der Waals surface area (Å²) in [6.45, 7) is 2.00. The summed E-state index contributed by atoms with van der Waals surface area (Å²) in [6.07, 6.45) is -1.37. The summed E-state index contributed by atoms with van der Waals surface area (Å²) in [5.41, 5.74) is -1.95. The van der Waals surface area contributed by atoms with Crippen molar-refractivity contribution in [2.24, 2.45) is 17.3 Å². The zero-order valence-electron chi connectivity index (χ0n) is 12.0. The highest BCUT2D eigenvalue weighted by molar-refractivity contribution is 5.78. The normalized spacial score (nSPS) is 21.7. The van der Waals surface area contributed by atoms with E-state index < -0.39 is 65.0 Å². The molecule has 3 nitrogen and oxygen atoms in total. The van der Waals surface area contributed by atoms with Crippen molar-refractivity contribution in [1.82, 2.24) is 4.98 Å². The van der Waals surface area contributed by atoms with Gasteiger partial charge in [-0.25, -0.2) is 8.78 Å². The number of esters is 1. The summed E-state index contributed by atoms with van der Waals surface area (Å²) in [7, 11) is 0. The Morgan fingerprint density at radius 1 is 1.17 bits per heavy atom. The standard InChI is InChI=1S/C14H11F6NO2/c1-14(2)6(3-7(15)16)8(14)13(22)23-4-5-9(17)11(19)21-12(20)10(5)18/h3,6,8H,4H2,1-2H3. The first-order valence-electron chi connectivity index (χ1n) is 6.45. The van der Waals surface area contributed by atoms with Gasteiger partial charge in [0.05, 0.1) is 11.5 Å². The van der Waals surface area contributed by atoms with Gasteiger partial charge >= 0.3 is 5.97 Å². The molecule has 0 spiro atoms. The molecule has 0 aromatic carbocycles. The van der Waals surface area contributed by atoms with E-state index >= 15 is 0 Å². The third-order valence-electron chi connectivity index (χ3n) is 3.92. The van der Waals surface area contributed by atoms with Crippen LogP contribution in [0.1, 0.15) is 19.4 Å². The van der Waals surface area contributed by atoms with Crippen molar-refractivity contribution >= 4 is 5.97 Å². The van der Waals surface area contributed by atoms with Crippen LogP contribution in [-0.2, 0) is 16.1 Å². The number of carbonyl (C=O) groups is 1. The number of nitrogens with zero attached hydrogens (tertiary/aromatic N) is 1. The monoisotopic (exact) mass is 339 g/mol. The predicted octanol–water partition coefficient (Wildman–Crippen LogP) is 3.73. The lowest BCUT2D eigenvalue weighted by Crippen LogP contribution is -2.14. The van der Waals surface area contributed by atoms with E-state index in [9.17, 15) is 31.1 Å². The van der Waals surface area contributed by atoms with Crippen molar-refractivity contribution in [3.63, 3.8) is 0 Å². The largest absolute Gasteiger partial charge is 0.460 e. The third kappa shape index (κ3) is 3.18. The van der Waals surface area contributed by atoms with Crippen molar-refractivity contribution in [1.29, 1.82) is 0 Å². The quantitative estimate of drug-likeness (QED) is 0.477. The molecule has 0 saturated heterocycles. The average Bonchev–Trinajstić information content (AvgIpc) is 2.96. The Hall–Kier alpha value is -2.06. The minimum Gasteiger partial charge on any atom is -0.460 e. The van der Waals surface area contributed by atoms with Crippen molar-refractivity contribution in [3.05, 3.63) is 41.2 Å². The molecule has 2 atom stereocenters. The maximum atomic E-state index is 13.4. The molecule has 0 amide bonds. The summed E-state index contributed by atoms with van der Waals surface area (Å²) in [4.78, 5) is 14.2. The molecule has 1 heterocycles. The molecule has 2 unspecified atom stereocenters. The first kappa shape index (κ1) is 17.3. The second-order valence-corrected chi connectivity index (χ2v) is 5.69. The minimum atomic E-state index is -1.96. The van der Waals surface area contributed by atoms with Gasteiger partial charge in [0.2, 0.25) is 0 Å². The fourth-order valence-corrected chi connectivity index (χ4v) is 2.46. The second kappa shape index (κ2) is 5.86. The van der Waals surface area contributed by atoms with Crippen molar-refractivity contribution < 1.29 is 35.9 Å².